The van der Waals surface area contributed by atoms with E-state index in [0.717, 1.165) is 0 Å². The fourth-order valence-electron chi connectivity index (χ4n) is 3.23. The van der Waals surface area contributed by atoms with E-state index in [1.54, 1.807) is 4.57 Å². The average Bonchev–Trinajstić information content (AvgIpc) is 3.01. The van der Waals surface area contributed by atoms with Gasteiger partial charge in [-0.1, -0.05) is 19.6 Å². The molecule has 1 fully saturated rings. The third kappa shape index (κ3) is 2.10. The van der Waals surface area contributed by atoms with Crippen molar-refractivity contribution in [1.82, 2.24) is 19.5 Å². The minimum atomic E-state index is -2.30. The van der Waals surface area contributed by atoms with Gasteiger partial charge in [0.05, 0.1) is 12.9 Å². The largest absolute Gasteiger partial charge is 0.394 e. The number of imidazole rings is 1. The Hall–Kier alpha value is -1.59. The molecular weight excluding hydrogens is 318 g/mol. The van der Waals surface area contributed by atoms with Crippen molar-refractivity contribution < 1.29 is 20.1 Å². The van der Waals surface area contributed by atoms with Crippen LogP contribution in [0.2, 0.25) is 19.6 Å². The fourth-order valence-corrected chi connectivity index (χ4v) is 5.68. The minimum absolute atomic E-state index is 0.228. The smallest absolute Gasteiger partial charge is 0.167 e. The summed E-state index contributed by atoms with van der Waals surface area (Å²) in [5.41, 5.74) is 6.65. The number of fused-ring (bicyclic) bond motifs is 1. The third-order valence-electron chi connectivity index (χ3n) is 4.41. The van der Waals surface area contributed by atoms with Gasteiger partial charge in [0.15, 0.2) is 16.8 Å². The lowest BCUT2D eigenvalue weighted by molar-refractivity contribution is -0.0925. The number of aromatic nitrogens is 4. The van der Waals surface area contributed by atoms with Crippen LogP contribution >= 0.6 is 0 Å². The molecule has 0 aliphatic carbocycles. The first kappa shape index (κ1) is 16.3. The van der Waals surface area contributed by atoms with Crippen LogP contribution in [-0.2, 0) is 10.1 Å². The van der Waals surface area contributed by atoms with Crippen molar-refractivity contribution in [3.05, 3.63) is 12.7 Å². The third-order valence-corrected chi connectivity index (χ3v) is 7.21. The Labute approximate surface area is 133 Å². The molecule has 0 saturated carbocycles. The van der Waals surface area contributed by atoms with Crippen molar-refractivity contribution in [3.63, 3.8) is 0 Å². The Balaban J connectivity index is 2.27. The van der Waals surface area contributed by atoms with Crippen LogP contribution in [0.5, 0.6) is 0 Å². The summed E-state index contributed by atoms with van der Waals surface area (Å²) >= 11 is 0. The van der Waals surface area contributed by atoms with Crippen LogP contribution in [0.3, 0.4) is 0 Å². The second-order valence-electron chi connectivity index (χ2n) is 6.77. The van der Waals surface area contributed by atoms with Gasteiger partial charge in [0.2, 0.25) is 0 Å². The Bertz CT molecular complexity index is 733. The van der Waals surface area contributed by atoms with E-state index >= 15 is 0 Å². The molecule has 0 unspecified atom stereocenters. The van der Waals surface area contributed by atoms with Crippen LogP contribution in [0, 0.1) is 0 Å². The number of aliphatic hydroxyl groups excluding tert-OH is 3. The predicted molar refractivity (Wildman–Crippen MR) is 85.0 cm³/mol. The highest BCUT2D eigenvalue weighted by Gasteiger charge is 2.62. The highest BCUT2D eigenvalue weighted by Crippen LogP contribution is 2.44. The summed E-state index contributed by atoms with van der Waals surface area (Å²) in [6.07, 6.45) is -0.504. The van der Waals surface area contributed by atoms with Crippen LogP contribution in [0.15, 0.2) is 12.7 Å². The van der Waals surface area contributed by atoms with Gasteiger partial charge in [-0.05, 0) is 0 Å². The van der Waals surface area contributed by atoms with E-state index in [0.29, 0.717) is 11.2 Å². The number of nitrogens with two attached hydrogens (primary N) is 1. The Morgan fingerprint density at radius 1 is 1.30 bits per heavy atom. The van der Waals surface area contributed by atoms with Gasteiger partial charge < -0.3 is 25.8 Å². The zero-order chi connectivity index (χ0) is 17.0. The van der Waals surface area contributed by atoms with Crippen LogP contribution in [0.25, 0.3) is 11.2 Å². The maximum Gasteiger partial charge on any atom is 0.167 e. The van der Waals surface area contributed by atoms with E-state index in [-0.39, 0.29) is 5.82 Å². The molecule has 0 amide bonds. The number of anilines is 1. The highest BCUT2D eigenvalue weighted by atomic mass is 28.3. The molecule has 3 rings (SSSR count). The van der Waals surface area contributed by atoms with E-state index < -0.39 is 38.3 Å². The summed E-state index contributed by atoms with van der Waals surface area (Å²) in [5.74, 6) is 0.228. The zero-order valence-electron chi connectivity index (χ0n) is 13.2. The Morgan fingerprint density at radius 2 is 2.00 bits per heavy atom. The average molecular weight is 339 g/mol. The van der Waals surface area contributed by atoms with E-state index in [1.807, 2.05) is 19.6 Å². The molecule has 23 heavy (non-hydrogen) atoms. The number of ether oxygens (including phenoxy) is 1. The lowest BCUT2D eigenvalue weighted by Crippen LogP contribution is -2.61. The second-order valence-corrected chi connectivity index (χ2v) is 12.0. The van der Waals surface area contributed by atoms with Crippen LogP contribution in [0.1, 0.15) is 0 Å². The summed E-state index contributed by atoms with van der Waals surface area (Å²) in [5, 5.41) is 29.3. The molecule has 0 radical (unpaired) electrons. The number of rotatable bonds is 3. The molecule has 2 aromatic rings. The van der Waals surface area contributed by atoms with E-state index in [4.69, 9.17) is 10.5 Å². The van der Waals surface area contributed by atoms with Gasteiger partial charge in [0.1, 0.15) is 38.2 Å². The number of hydrogen-bond acceptors (Lipinski definition) is 8. The molecule has 10 heteroatoms. The molecule has 126 valence electrons. The molecule has 0 bridgehead atoms. The molecule has 0 aromatic carbocycles. The molecule has 2 aromatic heterocycles. The van der Waals surface area contributed by atoms with Crippen molar-refractivity contribution in [2.45, 2.75) is 43.3 Å². The van der Waals surface area contributed by atoms with Crippen molar-refractivity contribution in [3.8, 4) is 0 Å². The van der Waals surface area contributed by atoms with Gasteiger partial charge in [0.25, 0.3) is 0 Å². The Morgan fingerprint density at radius 3 is 2.57 bits per heavy atom. The molecule has 5 N–H and O–H groups in total. The summed E-state index contributed by atoms with van der Waals surface area (Å²) < 4.78 is 7.63. The maximum atomic E-state index is 10.8. The molecular formula is C13H21N5O4Si. The van der Waals surface area contributed by atoms with Crippen molar-refractivity contribution >= 4 is 25.1 Å². The standard InChI is InChI=1S/C13H21N5O4Si/c1-23(2,3)13(10(21)9(20)7(4-19)22-13)18-6-17-8-11(14)15-5-16-12(8)18/h5-7,9-10,19-21H,4H2,1-3H3,(H2,14,15,16)/t7-,9-,10-,13+/m1/s1. The molecule has 3 heterocycles. The zero-order valence-corrected chi connectivity index (χ0v) is 14.2. The molecule has 4 atom stereocenters. The maximum absolute atomic E-state index is 10.8. The normalized spacial score (nSPS) is 31.8. The summed E-state index contributed by atoms with van der Waals surface area (Å²) in [4.78, 5) is 12.4. The minimum Gasteiger partial charge on any atom is -0.394 e. The van der Waals surface area contributed by atoms with E-state index in [2.05, 4.69) is 15.0 Å². The van der Waals surface area contributed by atoms with Gasteiger partial charge >= 0.3 is 0 Å². The molecule has 0 spiro atoms. The summed E-state index contributed by atoms with van der Waals surface area (Å²) in [7, 11) is -2.30. The van der Waals surface area contributed by atoms with Crippen LogP contribution < -0.4 is 5.73 Å². The summed E-state index contributed by atoms with van der Waals surface area (Å²) in [6.45, 7) is 5.60. The highest BCUT2D eigenvalue weighted by molar-refractivity contribution is 6.78. The van der Waals surface area contributed by atoms with Gasteiger partial charge in [-0.2, -0.15) is 0 Å². The first-order chi connectivity index (χ1) is 10.7. The number of nitrogen functional groups attached to an aromatic ring is 1. The fraction of sp³-hybridized carbons (Fsp3) is 0.615. The van der Waals surface area contributed by atoms with E-state index in [9.17, 15) is 15.3 Å². The topological polar surface area (TPSA) is 140 Å². The van der Waals surface area contributed by atoms with Gasteiger partial charge in [-0.15, -0.1) is 0 Å². The van der Waals surface area contributed by atoms with Crippen molar-refractivity contribution in [2.75, 3.05) is 12.3 Å². The molecule has 1 aliphatic heterocycles. The molecule has 9 nitrogen and oxygen atoms in total. The van der Waals surface area contributed by atoms with Gasteiger partial charge in [-0.3, -0.25) is 4.57 Å². The Kier molecular flexibility index (Phi) is 3.69. The number of aliphatic hydroxyl groups is 3. The van der Waals surface area contributed by atoms with Crippen LogP contribution in [-0.4, -0.2) is 67.8 Å². The first-order valence-electron chi connectivity index (χ1n) is 7.33. The van der Waals surface area contributed by atoms with Crippen LogP contribution in [0.4, 0.5) is 5.82 Å². The van der Waals surface area contributed by atoms with Crippen molar-refractivity contribution in [2.24, 2.45) is 0 Å². The predicted octanol–water partition coefficient (Wildman–Crippen LogP) is -0.948. The monoisotopic (exact) mass is 339 g/mol. The summed E-state index contributed by atoms with van der Waals surface area (Å²) in [6, 6.07) is 0. The SMILES string of the molecule is C[Si](C)(C)[C@@]1(n2cnc3c(N)ncnc32)O[C@H](CO)[C@@H](O)[C@H]1O. The first-order valence-corrected chi connectivity index (χ1v) is 10.8. The molecule has 1 aliphatic rings. The van der Waals surface area contributed by atoms with E-state index in [1.165, 1.54) is 12.7 Å². The molecule has 1 saturated heterocycles. The lowest BCUT2D eigenvalue weighted by Gasteiger charge is -2.43. The second kappa shape index (κ2) is 5.21. The van der Waals surface area contributed by atoms with Gasteiger partial charge in [-0.25, -0.2) is 15.0 Å². The van der Waals surface area contributed by atoms with Gasteiger partial charge in [0, 0.05) is 0 Å². The quantitative estimate of drug-likeness (QED) is 0.525. The lowest BCUT2D eigenvalue weighted by atomic mass is 10.1. The number of hydrogen-bond donors (Lipinski definition) is 4. The van der Waals surface area contributed by atoms with Crippen molar-refractivity contribution in [1.29, 1.82) is 0 Å². The number of nitrogens with zero attached hydrogens (tertiary/aromatic N) is 4.